The van der Waals surface area contributed by atoms with Gasteiger partial charge in [-0.1, -0.05) is 0 Å². The van der Waals surface area contributed by atoms with Crippen LogP contribution in [0.2, 0.25) is 0 Å². The van der Waals surface area contributed by atoms with Crippen LogP contribution in [0.4, 0.5) is 0 Å². The third-order valence-electron chi connectivity index (χ3n) is 0. The third-order valence-corrected chi connectivity index (χ3v) is 0. The molecule has 10 heteroatoms. The average Bonchev–Trinajstić information content (AvgIpc) is 1.25. The van der Waals surface area contributed by atoms with Crippen LogP contribution in [0.5, 0.6) is 0 Å². The van der Waals surface area contributed by atoms with Gasteiger partial charge in [-0.3, -0.25) is 0 Å². The van der Waals surface area contributed by atoms with Gasteiger partial charge in [-0.25, -0.2) is 0 Å². The van der Waals surface area contributed by atoms with Gasteiger partial charge in [0, 0.05) is 39.4 Å². The standard InChI is InChI=1S/Ag.Cu.2NO3/c;;2*2-1(3)4/q;;2*-1. The van der Waals surface area contributed by atoms with Crippen molar-refractivity contribution in [1.29, 1.82) is 0 Å². The van der Waals surface area contributed by atoms with Crippen LogP contribution in [0, 0.1) is 30.6 Å². The summed E-state index contributed by atoms with van der Waals surface area (Å²) in [5.41, 5.74) is 0. The summed E-state index contributed by atoms with van der Waals surface area (Å²) in [7, 11) is 0. The second-order valence-electron chi connectivity index (χ2n) is 0.447. The molecule has 70 valence electrons. The maximum Gasteiger partial charge on any atom is 0.0689 e. The molecule has 0 aliphatic carbocycles. The largest absolute Gasteiger partial charge is 0.356 e. The Kier molecular flexibility index (Phi) is 35.9. The zero-order chi connectivity index (χ0) is 7.15. The van der Waals surface area contributed by atoms with Gasteiger partial charge in [0.1, 0.15) is 0 Å². The molecule has 0 bridgehead atoms. The first-order chi connectivity index (χ1) is 3.46. The fourth-order valence-corrected chi connectivity index (χ4v) is 0. The molecule has 0 spiro atoms. The van der Waals surface area contributed by atoms with E-state index in [0.29, 0.717) is 0 Å². The number of hydrogen-bond acceptors (Lipinski definition) is 6. The number of hydrogen-bond donors (Lipinski definition) is 0. The number of rotatable bonds is 0. The molecule has 0 aromatic carbocycles. The van der Waals surface area contributed by atoms with Crippen molar-refractivity contribution < 1.29 is 49.6 Å². The Morgan fingerprint density at radius 1 is 0.800 bits per heavy atom. The van der Waals surface area contributed by atoms with E-state index in [1.807, 2.05) is 0 Å². The Morgan fingerprint density at radius 3 is 0.800 bits per heavy atom. The Balaban J connectivity index is -0.0000000300. The van der Waals surface area contributed by atoms with Gasteiger partial charge in [-0.2, -0.15) is 0 Å². The first kappa shape index (κ1) is 22.6. The van der Waals surface area contributed by atoms with Crippen molar-refractivity contribution in [3.63, 3.8) is 0 Å². The third kappa shape index (κ3) is 2930. The van der Waals surface area contributed by atoms with Crippen molar-refractivity contribution in [1.82, 2.24) is 0 Å². The predicted octanol–water partition coefficient (Wildman–Crippen LogP) is -0.483. The molecule has 0 N–H and O–H groups in total. The van der Waals surface area contributed by atoms with Gasteiger partial charge < -0.3 is 30.6 Å². The van der Waals surface area contributed by atoms with Crippen LogP contribution in [0.25, 0.3) is 0 Å². The van der Waals surface area contributed by atoms with E-state index in [9.17, 15) is 0 Å². The summed E-state index contributed by atoms with van der Waals surface area (Å²) < 4.78 is 0. The summed E-state index contributed by atoms with van der Waals surface area (Å²) in [6.45, 7) is 0. The molecule has 0 aromatic rings. The van der Waals surface area contributed by atoms with Gasteiger partial charge in [0.15, 0.2) is 0 Å². The maximum atomic E-state index is 8.25. The van der Waals surface area contributed by atoms with E-state index in [1.165, 1.54) is 0 Å². The molecule has 8 nitrogen and oxygen atoms in total. The molecule has 0 saturated carbocycles. The molecule has 0 rings (SSSR count). The molecule has 2 radical (unpaired) electrons. The second-order valence-corrected chi connectivity index (χ2v) is 0.447. The molecular formula is AgCuN2O6-2. The summed E-state index contributed by atoms with van der Waals surface area (Å²) in [6.07, 6.45) is 0. The van der Waals surface area contributed by atoms with Crippen molar-refractivity contribution in [2.45, 2.75) is 0 Å². The van der Waals surface area contributed by atoms with Gasteiger partial charge >= 0.3 is 0 Å². The molecule has 0 aliphatic heterocycles. The van der Waals surface area contributed by atoms with Gasteiger partial charge in [0.25, 0.3) is 0 Å². The van der Waals surface area contributed by atoms with E-state index in [4.69, 9.17) is 30.6 Å². The normalized spacial score (nSPS) is 4.80. The molecule has 0 heterocycles. The van der Waals surface area contributed by atoms with Crippen molar-refractivity contribution in [3.05, 3.63) is 30.6 Å². The van der Waals surface area contributed by atoms with E-state index >= 15 is 0 Å². The summed E-state index contributed by atoms with van der Waals surface area (Å²) in [5.74, 6) is 0. The SMILES string of the molecule is O=[N+]([O-])[O-].O=[N+]([O-])[O-].[Ag].[Cu]. The zero-order valence-electron chi connectivity index (χ0n) is 3.95. The van der Waals surface area contributed by atoms with Crippen molar-refractivity contribution in [2.24, 2.45) is 0 Å². The van der Waals surface area contributed by atoms with Crippen molar-refractivity contribution in [2.75, 3.05) is 0 Å². The van der Waals surface area contributed by atoms with Gasteiger partial charge in [0.2, 0.25) is 0 Å². The predicted molar refractivity (Wildman–Crippen MR) is 20.7 cm³/mol. The van der Waals surface area contributed by atoms with Gasteiger partial charge in [-0.15, -0.1) is 0 Å². The van der Waals surface area contributed by atoms with Crippen LogP contribution in [0.3, 0.4) is 0 Å². The monoisotopic (exact) mass is 294 g/mol. The minimum atomic E-state index is -1.75. The van der Waals surface area contributed by atoms with Crippen LogP contribution >= 0.6 is 0 Å². The summed E-state index contributed by atoms with van der Waals surface area (Å²) in [5, 5.41) is 29.5. The molecule has 0 unspecified atom stereocenters. The van der Waals surface area contributed by atoms with Crippen molar-refractivity contribution in [3.8, 4) is 0 Å². The summed E-state index contributed by atoms with van der Waals surface area (Å²) in [4.78, 5) is 16.5. The number of nitrogens with zero attached hydrogens (tertiary/aromatic N) is 2. The van der Waals surface area contributed by atoms with Crippen LogP contribution < -0.4 is 0 Å². The molecule has 0 atom stereocenters. The van der Waals surface area contributed by atoms with Gasteiger partial charge in [-0.05, 0) is 0 Å². The molecule has 0 saturated heterocycles. The summed E-state index contributed by atoms with van der Waals surface area (Å²) >= 11 is 0. The van der Waals surface area contributed by atoms with Crippen LogP contribution in [-0.2, 0) is 39.4 Å². The minimum Gasteiger partial charge on any atom is -0.356 e. The molecule has 10 heavy (non-hydrogen) atoms. The molecular weight excluding hydrogens is 295 g/mol. The Hall–Kier alpha value is -0.340. The minimum absolute atomic E-state index is 0. The quantitative estimate of drug-likeness (QED) is 0.336. The van der Waals surface area contributed by atoms with Crippen LogP contribution in [-0.4, -0.2) is 10.2 Å². The molecule has 0 aliphatic rings. The van der Waals surface area contributed by atoms with E-state index in [0.717, 1.165) is 0 Å². The van der Waals surface area contributed by atoms with Crippen LogP contribution in [0.15, 0.2) is 0 Å². The van der Waals surface area contributed by atoms with E-state index in [-0.39, 0.29) is 39.4 Å². The van der Waals surface area contributed by atoms with Crippen molar-refractivity contribution >= 4 is 0 Å². The molecule has 0 aromatic heterocycles. The average molecular weight is 295 g/mol. The van der Waals surface area contributed by atoms with E-state index in [2.05, 4.69) is 0 Å². The summed E-state index contributed by atoms with van der Waals surface area (Å²) in [6, 6.07) is 0. The Labute approximate surface area is 80.4 Å². The maximum absolute atomic E-state index is 8.25. The topological polar surface area (TPSA) is 132 Å². The Bertz CT molecular complexity index is 73.7. The fourth-order valence-electron chi connectivity index (χ4n) is 0. The molecule has 0 fully saturated rings. The van der Waals surface area contributed by atoms with Crippen LogP contribution in [0.1, 0.15) is 0 Å². The first-order valence-electron chi connectivity index (χ1n) is 1.10. The first-order valence-corrected chi connectivity index (χ1v) is 1.10. The second kappa shape index (κ2) is 15.9. The fraction of sp³-hybridized carbons (Fsp3) is 0. The molecule has 0 amide bonds. The smallest absolute Gasteiger partial charge is 0.0689 e. The zero-order valence-corrected chi connectivity index (χ0v) is 6.37. The van der Waals surface area contributed by atoms with E-state index < -0.39 is 10.2 Å². The Morgan fingerprint density at radius 2 is 0.800 bits per heavy atom. The van der Waals surface area contributed by atoms with Gasteiger partial charge in [0.05, 0.1) is 10.2 Å². The van der Waals surface area contributed by atoms with E-state index in [1.54, 1.807) is 0 Å².